The largest absolute Gasteiger partial charge is 0.286 e. The minimum Gasteiger partial charge on any atom is -0.286 e. The summed E-state index contributed by atoms with van der Waals surface area (Å²) in [5.74, 6) is 0.479. The second kappa shape index (κ2) is 5.03. The number of hydrogen-bond acceptors (Lipinski definition) is 5. The summed E-state index contributed by atoms with van der Waals surface area (Å²) >= 11 is 6.77. The Morgan fingerprint density at radius 2 is 1.74 bits per heavy atom. The van der Waals surface area contributed by atoms with Gasteiger partial charge in [-0.05, 0) is 12.1 Å². The molecule has 3 rings (SSSR count). The Bertz CT molecular complexity index is 539. The lowest BCUT2D eigenvalue weighted by molar-refractivity contribution is 0.0643. The summed E-state index contributed by atoms with van der Waals surface area (Å²) < 4.78 is 0.974. The van der Waals surface area contributed by atoms with Crippen LogP contribution in [-0.2, 0) is 0 Å². The molecule has 0 unspecified atom stereocenters. The lowest BCUT2D eigenvalue weighted by Crippen LogP contribution is -2.37. The molecule has 0 spiro atoms. The first-order chi connectivity index (χ1) is 9.16. The number of fused-ring (bicyclic) bond motifs is 1. The number of imide groups is 1. The van der Waals surface area contributed by atoms with Crippen LogP contribution in [0.25, 0.3) is 0 Å². The SMILES string of the molecule is O=C1c2ccccc2C(=O)N1CCN1CSC(=S)C1. The summed E-state index contributed by atoms with van der Waals surface area (Å²) in [4.78, 5) is 27.7. The number of carbonyl (C=O) groups is 2. The van der Waals surface area contributed by atoms with Gasteiger partial charge in [-0.3, -0.25) is 19.4 Å². The van der Waals surface area contributed by atoms with Crippen LogP contribution in [0.3, 0.4) is 0 Å². The summed E-state index contributed by atoms with van der Waals surface area (Å²) in [5.41, 5.74) is 1.03. The predicted molar refractivity (Wildman–Crippen MR) is 78.4 cm³/mol. The van der Waals surface area contributed by atoms with Crippen LogP contribution in [0, 0.1) is 0 Å². The zero-order valence-corrected chi connectivity index (χ0v) is 11.8. The van der Waals surface area contributed by atoms with E-state index in [9.17, 15) is 9.59 Å². The number of rotatable bonds is 3. The van der Waals surface area contributed by atoms with E-state index in [0.717, 1.165) is 16.6 Å². The number of nitrogens with zero attached hydrogens (tertiary/aromatic N) is 2. The Balaban J connectivity index is 1.69. The Morgan fingerprint density at radius 1 is 1.11 bits per heavy atom. The normalized spacial score (nSPS) is 19.4. The van der Waals surface area contributed by atoms with E-state index in [1.165, 1.54) is 4.90 Å². The van der Waals surface area contributed by atoms with Gasteiger partial charge in [-0.15, -0.1) is 11.8 Å². The Labute approximate surface area is 120 Å². The Morgan fingerprint density at radius 3 is 2.26 bits per heavy atom. The van der Waals surface area contributed by atoms with Crippen molar-refractivity contribution in [3.8, 4) is 0 Å². The molecule has 0 bridgehead atoms. The fourth-order valence-electron chi connectivity index (χ4n) is 2.26. The van der Waals surface area contributed by atoms with Crippen molar-refractivity contribution in [2.45, 2.75) is 0 Å². The monoisotopic (exact) mass is 292 g/mol. The highest BCUT2D eigenvalue weighted by atomic mass is 32.2. The van der Waals surface area contributed by atoms with Crippen molar-refractivity contribution < 1.29 is 9.59 Å². The van der Waals surface area contributed by atoms with Gasteiger partial charge in [0.2, 0.25) is 0 Å². The molecule has 1 aromatic carbocycles. The van der Waals surface area contributed by atoms with Gasteiger partial charge in [0.1, 0.15) is 0 Å². The third kappa shape index (κ3) is 2.31. The fraction of sp³-hybridized carbons (Fsp3) is 0.308. The number of amides is 2. The molecule has 2 aliphatic heterocycles. The van der Waals surface area contributed by atoms with Crippen LogP contribution in [0.2, 0.25) is 0 Å². The van der Waals surface area contributed by atoms with E-state index in [2.05, 4.69) is 4.90 Å². The van der Waals surface area contributed by atoms with Crippen molar-refractivity contribution in [1.29, 1.82) is 0 Å². The molecule has 1 saturated heterocycles. The maximum Gasteiger partial charge on any atom is 0.261 e. The molecule has 0 radical (unpaired) electrons. The van der Waals surface area contributed by atoms with Gasteiger partial charge in [0.15, 0.2) is 0 Å². The molecule has 0 N–H and O–H groups in total. The molecule has 0 saturated carbocycles. The highest BCUT2D eigenvalue weighted by Crippen LogP contribution is 2.23. The van der Waals surface area contributed by atoms with Crippen LogP contribution in [0.5, 0.6) is 0 Å². The zero-order chi connectivity index (χ0) is 13.4. The lowest BCUT2D eigenvalue weighted by atomic mass is 10.1. The van der Waals surface area contributed by atoms with Gasteiger partial charge in [-0.1, -0.05) is 24.4 Å². The van der Waals surface area contributed by atoms with Crippen LogP contribution in [0.1, 0.15) is 20.7 Å². The summed E-state index contributed by atoms with van der Waals surface area (Å²) in [7, 11) is 0. The molecule has 0 aliphatic carbocycles. The Hall–Kier alpha value is -1.24. The molecule has 6 heteroatoms. The van der Waals surface area contributed by atoms with E-state index in [4.69, 9.17) is 12.2 Å². The van der Waals surface area contributed by atoms with E-state index in [1.54, 1.807) is 36.0 Å². The quantitative estimate of drug-likeness (QED) is 0.625. The van der Waals surface area contributed by atoms with Crippen molar-refractivity contribution in [2.75, 3.05) is 25.5 Å². The van der Waals surface area contributed by atoms with Crippen molar-refractivity contribution in [1.82, 2.24) is 9.80 Å². The molecular weight excluding hydrogens is 280 g/mol. The van der Waals surface area contributed by atoms with Gasteiger partial charge >= 0.3 is 0 Å². The van der Waals surface area contributed by atoms with Gasteiger partial charge in [0.05, 0.1) is 21.2 Å². The summed E-state index contributed by atoms with van der Waals surface area (Å²) in [5, 5.41) is 0. The van der Waals surface area contributed by atoms with Crippen LogP contribution in [0.4, 0.5) is 0 Å². The number of hydrogen-bond donors (Lipinski definition) is 0. The van der Waals surface area contributed by atoms with E-state index < -0.39 is 0 Å². The van der Waals surface area contributed by atoms with Crippen molar-refractivity contribution in [3.05, 3.63) is 35.4 Å². The molecule has 0 atom stereocenters. The molecule has 2 heterocycles. The smallest absolute Gasteiger partial charge is 0.261 e. The maximum absolute atomic E-state index is 12.1. The van der Waals surface area contributed by atoms with Crippen LogP contribution >= 0.6 is 24.0 Å². The molecule has 19 heavy (non-hydrogen) atoms. The molecule has 4 nitrogen and oxygen atoms in total. The molecule has 2 amide bonds. The van der Waals surface area contributed by atoms with Crippen LogP contribution in [-0.4, -0.2) is 51.3 Å². The molecule has 0 aromatic heterocycles. The molecular formula is C13H12N2O2S2. The lowest BCUT2D eigenvalue weighted by Gasteiger charge is -2.18. The first kappa shape index (κ1) is 12.8. The fourth-order valence-corrected chi connectivity index (χ4v) is 3.43. The first-order valence-electron chi connectivity index (χ1n) is 6.00. The summed E-state index contributed by atoms with van der Waals surface area (Å²) in [6.45, 7) is 1.87. The minimum absolute atomic E-state index is 0.185. The standard InChI is InChI=1S/C13H12N2O2S2/c16-12-9-3-1-2-4-10(9)13(17)15(12)6-5-14-7-11(18)19-8-14/h1-4H,5-8H2. The van der Waals surface area contributed by atoms with E-state index in [-0.39, 0.29) is 11.8 Å². The molecule has 98 valence electrons. The third-order valence-corrected chi connectivity index (χ3v) is 4.71. The summed E-state index contributed by atoms with van der Waals surface area (Å²) in [6, 6.07) is 6.97. The number of thiocarbonyl (C=S) groups is 1. The average molecular weight is 292 g/mol. The average Bonchev–Trinajstić information content (AvgIpc) is 2.93. The number of benzene rings is 1. The first-order valence-corrected chi connectivity index (χ1v) is 7.39. The highest BCUT2D eigenvalue weighted by Gasteiger charge is 2.35. The highest BCUT2D eigenvalue weighted by molar-refractivity contribution is 8.23. The number of carbonyl (C=O) groups excluding carboxylic acids is 2. The van der Waals surface area contributed by atoms with Gasteiger partial charge in [0, 0.05) is 19.6 Å². The second-order valence-electron chi connectivity index (χ2n) is 4.51. The van der Waals surface area contributed by atoms with E-state index in [0.29, 0.717) is 24.2 Å². The number of thioether (sulfide) groups is 1. The Kier molecular flexibility index (Phi) is 3.38. The molecule has 1 fully saturated rings. The second-order valence-corrected chi connectivity index (χ2v) is 6.30. The van der Waals surface area contributed by atoms with Gasteiger partial charge in [-0.25, -0.2) is 0 Å². The maximum atomic E-state index is 12.1. The minimum atomic E-state index is -0.185. The van der Waals surface area contributed by atoms with Crippen LogP contribution in [0.15, 0.2) is 24.3 Å². The predicted octanol–water partition coefficient (Wildman–Crippen LogP) is 1.62. The van der Waals surface area contributed by atoms with Gasteiger partial charge < -0.3 is 0 Å². The van der Waals surface area contributed by atoms with Crippen LogP contribution < -0.4 is 0 Å². The topological polar surface area (TPSA) is 40.6 Å². The zero-order valence-electron chi connectivity index (χ0n) is 10.2. The van der Waals surface area contributed by atoms with Crippen molar-refractivity contribution in [2.24, 2.45) is 0 Å². The van der Waals surface area contributed by atoms with Gasteiger partial charge in [0.25, 0.3) is 11.8 Å². The molecule has 2 aliphatic rings. The molecule has 1 aromatic rings. The van der Waals surface area contributed by atoms with E-state index in [1.807, 2.05) is 0 Å². The van der Waals surface area contributed by atoms with Crippen molar-refractivity contribution in [3.63, 3.8) is 0 Å². The van der Waals surface area contributed by atoms with Gasteiger partial charge in [-0.2, -0.15) is 0 Å². The van der Waals surface area contributed by atoms with Crippen molar-refractivity contribution >= 4 is 40.0 Å². The third-order valence-electron chi connectivity index (χ3n) is 3.28. The van der Waals surface area contributed by atoms with E-state index >= 15 is 0 Å². The summed E-state index contributed by atoms with van der Waals surface area (Å²) in [6.07, 6.45) is 0.